The molecular formula is C29H51NO. The Hall–Kier alpha value is -0.530. The van der Waals surface area contributed by atoms with Gasteiger partial charge in [0, 0.05) is 13.0 Å². The van der Waals surface area contributed by atoms with E-state index in [0.717, 1.165) is 41.4 Å². The maximum atomic E-state index is 11.6. The minimum Gasteiger partial charge on any atom is -0.354 e. The van der Waals surface area contributed by atoms with E-state index in [-0.39, 0.29) is 5.91 Å². The smallest absolute Gasteiger partial charge is 0.217 e. The molecule has 0 spiro atoms. The highest BCUT2D eigenvalue weighted by molar-refractivity contribution is 5.73. The number of hydrogen-bond donors (Lipinski definition) is 1. The van der Waals surface area contributed by atoms with E-state index in [2.05, 4.69) is 39.9 Å². The highest BCUT2D eigenvalue weighted by Gasteiger charge is 2.60. The molecule has 2 heteroatoms. The fourth-order valence-electron chi connectivity index (χ4n) is 9.70. The van der Waals surface area contributed by atoms with Crippen LogP contribution in [-0.2, 0) is 4.79 Å². The molecule has 4 fully saturated rings. The van der Waals surface area contributed by atoms with Gasteiger partial charge in [-0.05, 0) is 110 Å². The highest BCUT2D eigenvalue weighted by Crippen LogP contribution is 2.68. The molecule has 4 aliphatic rings. The van der Waals surface area contributed by atoms with Crippen LogP contribution in [0, 0.1) is 52.3 Å². The number of fused-ring (bicyclic) bond motifs is 5. The summed E-state index contributed by atoms with van der Waals surface area (Å²) in [5, 5.41) is 3.25. The molecule has 2 unspecified atom stereocenters. The maximum absolute atomic E-state index is 11.6. The van der Waals surface area contributed by atoms with Crippen LogP contribution in [-0.4, -0.2) is 11.9 Å². The van der Waals surface area contributed by atoms with Crippen LogP contribution in [0.4, 0.5) is 0 Å². The Kier molecular flexibility index (Phi) is 6.87. The summed E-state index contributed by atoms with van der Waals surface area (Å²) < 4.78 is 0. The minimum atomic E-state index is 0.162. The second-order valence-corrected chi connectivity index (χ2v) is 13.4. The van der Waals surface area contributed by atoms with Crippen molar-refractivity contribution in [3.05, 3.63) is 0 Å². The average Bonchev–Trinajstić information content (AvgIpc) is 3.05. The lowest BCUT2D eigenvalue weighted by molar-refractivity contribution is -0.126. The number of rotatable bonds is 6. The molecule has 0 heterocycles. The van der Waals surface area contributed by atoms with Crippen LogP contribution >= 0.6 is 0 Å². The average molecular weight is 430 g/mol. The van der Waals surface area contributed by atoms with Crippen LogP contribution in [0.25, 0.3) is 0 Å². The zero-order valence-corrected chi connectivity index (χ0v) is 21.5. The number of hydrogen-bond acceptors (Lipinski definition) is 1. The zero-order chi connectivity index (χ0) is 22.4. The minimum absolute atomic E-state index is 0.162. The normalized spacial score (nSPS) is 45.5. The maximum Gasteiger partial charge on any atom is 0.217 e. The predicted molar refractivity (Wildman–Crippen MR) is 131 cm³/mol. The van der Waals surface area contributed by atoms with Crippen molar-refractivity contribution in [2.24, 2.45) is 52.3 Å². The summed E-state index contributed by atoms with van der Waals surface area (Å²) >= 11 is 0. The van der Waals surface area contributed by atoms with Gasteiger partial charge in [0.2, 0.25) is 5.91 Å². The summed E-state index contributed by atoms with van der Waals surface area (Å²) in [6.45, 7) is 14.4. The lowest BCUT2D eigenvalue weighted by Gasteiger charge is -2.61. The molecule has 0 radical (unpaired) electrons. The molecular weight excluding hydrogens is 378 g/mol. The van der Waals surface area contributed by atoms with Crippen molar-refractivity contribution in [2.75, 3.05) is 0 Å². The van der Waals surface area contributed by atoms with Gasteiger partial charge in [-0.1, -0.05) is 53.9 Å². The molecule has 2 nitrogen and oxygen atoms in total. The standard InChI is InChI=1S/C29H51NO/c1-19(2)8-7-9-20(3)25-12-13-26-24-11-10-22-18-23(30-21(4)31)14-16-28(22,5)27(24)15-17-29(25,26)6/h19-20,22-27H,7-18H2,1-6H3,(H,30,31)/t20-,22+,23?,24+,25?,26+,27+,28+,29-/m1/s1. The third-order valence-electron chi connectivity index (χ3n) is 11.3. The summed E-state index contributed by atoms with van der Waals surface area (Å²) in [5.41, 5.74) is 1.13. The van der Waals surface area contributed by atoms with E-state index >= 15 is 0 Å². The van der Waals surface area contributed by atoms with E-state index in [9.17, 15) is 4.79 Å². The van der Waals surface area contributed by atoms with E-state index in [0.29, 0.717) is 16.9 Å². The van der Waals surface area contributed by atoms with Crippen molar-refractivity contribution in [3.8, 4) is 0 Å². The van der Waals surface area contributed by atoms with Gasteiger partial charge < -0.3 is 5.32 Å². The molecule has 4 aliphatic carbocycles. The van der Waals surface area contributed by atoms with E-state index in [1.807, 2.05) is 0 Å². The van der Waals surface area contributed by atoms with Crippen molar-refractivity contribution >= 4 is 5.91 Å². The predicted octanol–water partition coefficient (Wildman–Crippen LogP) is 7.61. The largest absolute Gasteiger partial charge is 0.354 e. The van der Waals surface area contributed by atoms with Gasteiger partial charge in [0.15, 0.2) is 0 Å². The van der Waals surface area contributed by atoms with E-state index in [1.54, 1.807) is 6.92 Å². The Morgan fingerprint density at radius 3 is 2.32 bits per heavy atom. The molecule has 1 amide bonds. The van der Waals surface area contributed by atoms with Crippen molar-refractivity contribution < 1.29 is 4.79 Å². The number of carbonyl (C=O) groups excluding carboxylic acids is 1. The van der Waals surface area contributed by atoms with Crippen LogP contribution in [0.3, 0.4) is 0 Å². The SMILES string of the molecule is CC(=O)NC1CC[C@@]2(C)[C@@H](CC[C@@H]3[C@@H]2CC[C@]2(C)C([C@H](C)CCCC(C)C)CC[C@@H]32)C1. The van der Waals surface area contributed by atoms with Crippen LogP contribution in [0.15, 0.2) is 0 Å². The molecule has 0 aromatic carbocycles. The summed E-state index contributed by atoms with van der Waals surface area (Å²) in [5.74, 6) is 6.62. The lowest BCUT2D eigenvalue weighted by Crippen LogP contribution is -2.55. The summed E-state index contributed by atoms with van der Waals surface area (Å²) in [6, 6.07) is 0.434. The monoisotopic (exact) mass is 429 g/mol. The topological polar surface area (TPSA) is 29.1 Å². The van der Waals surface area contributed by atoms with Crippen LogP contribution in [0.5, 0.6) is 0 Å². The van der Waals surface area contributed by atoms with Gasteiger partial charge in [-0.25, -0.2) is 0 Å². The molecule has 0 saturated heterocycles. The van der Waals surface area contributed by atoms with Gasteiger partial charge in [0.05, 0.1) is 0 Å². The Bertz CT molecular complexity index is 643. The quantitative estimate of drug-likeness (QED) is 0.462. The van der Waals surface area contributed by atoms with Crippen molar-refractivity contribution in [2.45, 2.75) is 125 Å². The lowest BCUT2D eigenvalue weighted by atomic mass is 9.44. The molecule has 0 aromatic heterocycles. The van der Waals surface area contributed by atoms with Crippen molar-refractivity contribution in [1.82, 2.24) is 5.32 Å². The van der Waals surface area contributed by atoms with E-state index < -0.39 is 0 Å². The van der Waals surface area contributed by atoms with Crippen LogP contribution in [0.2, 0.25) is 0 Å². The number of amides is 1. The summed E-state index contributed by atoms with van der Waals surface area (Å²) in [7, 11) is 0. The molecule has 0 bridgehead atoms. The van der Waals surface area contributed by atoms with E-state index in [4.69, 9.17) is 0 Å². The fourth-order valence-corrected chi connectivity index (χ4v) is 9.70. The van der Waals surface area contributed by atoms with Crippen LogP contribution < -0.4 is 5.32 Å². The molecule has 4 saturated carbocycles. The third-order valence-corrected chi connectivity index (χ3v) is 11.3. The Labute approximate surface area is 193 Å². The summed E-state index contributed by atoms with van der Waals surface area (Å²) in [6.07, 6.45) is 16.9. The van der Waals surface area contributed by atoms with E-state index in [1.165, 1.54) is 77.0 Å². The molecule has 4 rings (SSSR count). The second-order valence-electron chi connectivity index (χ2n) is 13.4. The molecule has 0 aromatic rings. The van der Waals surface area contributed by atoms with Gasteiger partial charge in [0.1, 0.15) is 0 Å². The number of carbonyl (C=O) groups is 1. The first-order valence-electron chi connectivity index (χ1n) is 13.9. The molecule has 0 aliphatic heterocycles. The van der Waals surface area contributed by atoms with Gasteiger partial charge in [-0.3, -0.25) is 4.79 Å². The summed E-state index contributed by atoms with van der Waals surface area (Å²) in [4.78, 5) is 11.6. The highest BCUT2D eigenvalue weighted by atomic mass is 16.1. The Balaban J connectivity index is 1.43. The van der Waals surface area contributed by atoms with Gasteiger partial charge >= 0.3 is 0 Å². The number of nitrogens with one attached hydrogen (secondary N) is 1. The third kappa shape index (κ3) is 4.35. The molecule has 1 N–H and O–H groups in total. The Morgan fingerprint density at radius 2 is 1.61 bits per heavy atom. The van der Waals surface area contributed by atoms with Crippen molar-refractivity contribution in [3.63, 3.8) is 0 Å². The van der Waals surface area contributed by atoms with Crippen molar-refractivity contribution in [1.29, 1.82) is 0 Å². The fraction of sp³-hybridized carbons (Fsp3) is 0.966. The zero-order valence-electron chi connectivity index (χ0n) is 21.5. The van der Waals surface area contributed by atoms with Gasteiger partial charge in [-0.2, -0.15) is 0 Å². The first-order valence-corrected chi connectivity index (χ1v) is 13.9. The molecule has 31 heavy (non-hydrogen) atoms. The van der Waals surface area contributed by atoms with Gasteiger partial charge in [0.25, 0.3) is 0 Å². The molecule has 178 valence electrons. The first-order chi connectivity index (χ1) is 14.6. The van der Waals surface area contributed by atoms with Crippen LogP contribution in [0.1, 0.15) is 119 Å². The van der Waals surface area contributed by atoms with Gasteiger partial charge in [-0.15, -0.1) is 0 Å². The molecule has 9 atom stereocenters. The Morgan fingerprint density at radius 1 is 0.903 bits per heavy atom. The first kappa shape index (κ1) is 23.6. The second kappa shape index (κ2) is 9.02.